The fraction of sp³-hybridized carbons (Fsp3) is 0.667. The van der Waals surface area contributed by atoms with Gasteiger partial charge in [0.05, 0.1) is 13.0 Å². The minimum absolute atomic E-state index is 0.0129. The van der Waals surface area contributed by atoms with E-state index in [1.165, 1.54) is 24.8 Å². The average Bonchev–Trinajstić information content (AvgIpc) is 2.75. The highest BCUT2D eigenvalue weighted by atomic mass is 16.5. The molecule has 30 heavy (non-hydrogen) atoms. The van der Waals surface area contributed by atoms with Crippen molar-refractivity contribution >= 4 is 11.9 Å². The number of carbonyl (C=O) groups excluding carboxylic acids is 2. The lowest BCUT2D eigenvalue weighted by Gasteiger charge is -2.34. The first-order valence-electron chi connectivity index (χ1n) is 11.6. The third-order valence-corrected chi connectivity index (χ3v) is 6.22. The molecule has 2 aliphatic rings. The number of carbonyl (C=O) groups is 2. The van der Waals surface area contributed by atoms with Gasteiger partial charge in [-0.25, -0.2) is 4.79 Å². The van der Waals surface area contributed by atoms with Gasteiger partial charge >= 0.3 is 6.03 Å². The minimum Gasteiger partial charge on any atom is -0.493 e. The molecule has 0 aromatic heterocycles. The highest BCUT2D eigenvalue weighted by molar-refractivity contribution is 5.76. The van der Waals surface area contributed by atoms with Crippen LogP contribution < -0.4 is 15.4 Å². The lowest BCUT2D eigenvalue weighted by Crippen LogP contribution is -2.51. The number of nitrogens with zero attached hydrogens (tertiary/aromatic N) is 1. The summed E-state index contributed by atoms with van der Waals surface area (Å²) in [6.45, 7) is 6.08. The molecule has 0 bridgehead atoms. The van der Waals surface area contributed by atoms with Gasteiger partial charge < -0.3 is 20.3 Å². The second-order valence-corrected chi connectivity index (χ2v) is 8.94. The van der Waals surface area contributed by atoms with Crippen LogP contribution in [0.5, 0.6) is 5.75 Å². The van der Waals surface area contributed by atoms with Crippen LogP contribution >= 0.6 is 0 Å². The summed E-state index contributed by atoms with van der Waals surface area (Å²) < 4.78 is 5.70. The summed E-state index contributed by atoms with van der Waals surface area (Å²) in [7, 11) is 0. The van der Waals surface area contributed by atoms with Crippen molar-refractivity contribution < 1.29 is 14.3 Å². The third-order valence-electron chi connectivity index (χ3n) is 6.22. The SMILES string of the molecule is CC(C)c1ccc(OCCC(=O)NC2CCN(C(=O)NC3CCCCC3)CC2)cc1. The Morgan fingerprint density at radius 1 is 0.967 bits per heavy atom. The number of urea groups is 1. The molecule has 6 nitrogen and oxygen atoms in total. The Kier molecular flexibility index (Phi) is 8.40. The first kappa shape index (κ1) is 22.4. The molecule has 0 spiro atoms. The van der Waals surface area contributed by atoms with Crippen LogP contribution in [-0.4, -0.2) is 48.6 Å². The lowest BCUT2D eigenvalue weighted by molar-refractivity contribution is -0.122. The van der Waals surface area contributed by atoms with E-state index in [0.29, 0.717) is 38.1 Å². The normalized spacial score (nSPS) is 18.3. The summed E-state index contributed by atoms with van der Waals surface area (Å²) in [5.74, 6) is 1.30. The number of nitrogens with one attached hydrogen (secondary N) is 2. The molecule has 3 amide bonds. The van der Waals surface area contributed by atoms with Gasteiger partial charge in [-0.05, 0) is 49.3 Å². The summed E-state index contributed by atoms with van der Waals surface area (Å²) in [5, 5.41) is 6.27. The molecular weight excluding hydrogens is 378 g/mol. The Bertz CT molecular complexity index is 675. The van der Waals surface area contributed by atoms with E-state index in [1.807, 2.05) is 17.0 Å². The minimum atomic E-state index is 0.0129. The largest absolute Gasteiger partial charge is 0.493 e. The van der Waals surface area contributed by atoms with E-state index in [0.717, 1.165) is 31.4 Å². The number of hydrogen-bond donors (Lipinski definition) is 2. The number of hydrogen-bond acceptors (Lipinski definition) is 3. The smallest absolute Gasteiger partial charge is 0.317 e. The fourth-order valence-corrected chi connectivity index (χ4v) is 4.25. The van der Waals surface area contributed by atoms with Crippen molar-refractivity contribution in [3.63, 3.8) is 0 Å². The first-order valence-corrected chi connectivity index (χ1v) is 11.6. The lowest BCUT2D eigenvalue weighted by atomic mass is 9.95. The predicted octanol–water partition coefficient (Wildman–Crippen LogP) is 4.20. The fourth-order valence-electron chi connectivity index (χ4n) is 4.25. The van der Waals surface area contributed by atoms with Gasteiger partial charge in [-0.15, -0.1) is 0 Å². The molecule has 0 atom stereocenters. The monoisotopic (exact) mass is 415 g/mol. The van der Waals surface area contributed by atoms with Gasteiger partial charge in [0.1, 0.15) is 5.75 Å². The quantitative estimate of drug-likeness (QED) is 0.701. The highest BCUT2D eigenvalue weighted by Gasteiger charge is 2.25. The van der Waals surface area contributed by atoms with Crippen molar-refractivity contribution in [2.45, 2.75) is 83.2 Å². The molecule has 2 N–H and O–H groups in total. The Morgan fingerprint density at radius 3 is 2.23 bits per heavy atom. The molecule has 1 aromatic carbocycles. The van der Waals surface area contributed by atoms with Crippen molar-refractivity contribution in [3.05, 3.63) is 29.8 Å². The molecule has 0 radical (unpaired) electrons. The van der Waals surface area contributed by atoms with Crippen molar-refractivity contribution in [1.82, 2.24) is 15.5 Å². The van der Waals surface area contributed by atoms with Crippen molar-refractivity contribution in [1.29, 1.82) is 0 Å². The molecule has 1 aliphatic heterocycles. The maximum absolute atomic E-state index is 12.4. The standard InChI is InChI=1S/C24H37N3O3/c1-18(2)19-8-10-22(11-9-19)30-17-14-23(28)25-21-12-15-27(16-13-21)24(29)26-20-6-4-3-5-7-20/h8-11,18,20-21H,3-7,12-17H2,1-2H3,(H,25,28)(H,26,29). The van der Waals surface area contributed by atoms with Gasteiger partial charge in [0.15, 0.2) is 0 Å². The molecule has 1 aromatic rings. The van der Waals surface area contributed by atoms with Crippen LogP contribution in [0, 0.1) is 0 Å². The van der Waals surface area contributed by atoms with E-state index in [-0.39, 0.29) is 18.0 Å². The maximum atomic E-state index is 12.4. The molecule has 1 aliphatic carbocycles. The molecule has 166 valence electrons. The van der Waals surface area contributed by atoms with Crippen LogP contribution in [0.4, 0.5) is 4.79 Å². The van der Waals surface area contributed by atoms with Gasteiger partial charge in [0, 0.05) is 25.2 Å². The number of piperidine rings is 1. The predicted molar refractivity (Wildman–Crippen MR) is 119 cm³/mol. The van der Waals surface area contributed by atoms with E-state index in [1.54, 1.807) is 0 Å². The number of ether oxygens (including phenoxy) is 1. The van der Waals surface area contributed by atoms with Gasteiger partial charge in [0.25, 0.3) is 0 Å². The molecule has 3 rings (SSSR count). The summed E-state index contributed by atoms with van der Waals surface area (Å²) in [5.41, 5.74) is 1.28. The molecule has 2 fully saturated rings. The Hall–Kier alpha value is -2.24. The Labute approximate surface area is 180 Å². The molecule has 1 heterocycles. The first-order chi connectivity index (χ1) is 14.5. The van der Waals surface area contributed by atoms with Gasteiger partial charge in [0.2, 0.25) is 5.91 Å². The molecule has 0 unspecified atom stereocenters. The van der Waals surface area contributed by atoms with E-state index in [2.05, 4.69) is 36.6 Å². The Balaban J connectivity index is 1.30. The van der Waals surface area contributed by atoms with E-state index < -0.39 is 0 Å². The van der Waals surface area contributed by atoms with E-state index >= 15 is 0 Å². The molecule has 1 saturated heterocycles. The molecular formula is C24H37N3O3. The van der Waals surface area contributed by atoms with Crippen molar-refractivity contribution in [2.24, 2.45) is 0 Å². The van der Waals surface area contributed by atoms with Crippen LogP contribution in [0.25, 0.3) is 0 Å². The number of likely N-dealkylation sites (tertiary alicyclic amines) is 1. The van der Waals surface area contributed by atoms with E-state index in [9.17, 15) is 9.59 Å². The number of rotatable bonds is 7. The van der Waals surface area contributed by atoms with Crippen LogP contribution in [0.3, 0.4) is 0 Å². The van der Waals surface area contributed by atoms with E-state index in [4.69, 9.17) is 4.74 Å². The zero-order valence-electron chi connectivity index (χ0n) is 18.5. The summed E-state index contributed by atoms with van der Waals surface area (Å²) in [4.78, 5) is 26.6. The van der Waals surface area contributed by atoms with Crippen LogP contribution in [0.1, 0.15) is 76.7 Å². The highest BCUT2D eigenvalue weighted by Crippen LogP contribution is 2.19. The summed E-state index contributed by atoms with van der Waals surface area (Å²) in [6.07, 6.45) is 7.87. The zero-order valence-corrected chi connectivity index (χ0v) is 18.5. The average molecular weight is 416 g/mol. The van der Waals surface area contributed by atoms with Gasteiger partial charge in [-0.2, -0.15) is 0 Å². The second kappa shape index (κ2) is 11.2. The second-order valence-electron chi connectivity index (χ2n) is 8.94. The Morgan fingerprint density at radius 2 is 1.60 bits per heavy atom. The maximum Gasteiger partial charge on any atom is 0.317 e. The van der Waals surface area contributed by atoms with Crippen LogP contribution in [-0.2, 0) is 4.79 Å². The van der Waals surface area contributed by atoms with Crippen molar-refractivity contribution in [3.8, 4) is 5.75 Å². The van der Waals surface area contributed by atoms with Crippen LogP contribution in [0.15, 0.2) is 24.3 Å². The number of benzene rings is 1. The van der Waals surface area contributed by atoms with Gasteiger partial charge in [-0.3, -0.25) is 4.79 Å². The summed E-state index contributed by atoms with van der Waals surface area (Å²) in [6, 6.07) is 8.59. The van der Waals surface area contributed by atoms with Crippen LogP contribution in [0.2, 0.25) is 0 Å². The molecule has 1 saturated carbocycles. The summed E-state index contributed by atoms with van der Waals surface area (Å²) >= 11 is 0. The topological polar surface area (TPSA) is 70.7 Å². The third kappa shape index (κ3) is 6.92. The number of amides is 3. The molecule has 6 heteroatoms. The van der Waals surface area contributed by atoms with Crippen molar-refractivity contribution in [2.75, 3.05) is 19.7 Å². The van der Waals surface area contributed by atoms with Gasteiger partial charge in [-0.1, -0.05) is 45.2 Å². The zero-order chi connectivity index (χ0) is 21.3.